The standard InChI is InChI=1S/C10H14N6O2/c11-8-7-9(14-4-13-8)16(5-15-7)10(12)2-1-6(3-17)18-10/h4-6,17H,1-3,12H2,(H2,11,13,14)/t6-,10-/m0/s1. The number of aromatic nitrogens is 4. The number of hydrogen-bond acceptors (Lipinski definition) is 7. The van der Waals surface area contributed by atoms with Crippen LogP contribution in [0.3, 0.4) is 0 Å². The molecule has 1 aliphatic rings. The Morgan fingerprint density at radius 2 is 2.33 bits per heavy atom. The van der Waals surface area contributed by atoms with Crippen LogP contribution in [-0.2, 0) is 10.6 Å². The highest BCUT2D eigenvalue weighted by Crippen LogP contribution is 2.32. The van der Waals surface area contributed by atoms with Crippen molar-refractivity contribution < 1.29 is 9.84 Å². The Kier molecular flexibility index (Phi) is 2.44. The van der Waals surface area contributed by atoms with Crippen LogP contribution in [0.4, 0.5) is 5.82 Å². The van der Waals surface area contributed by atoms with E-state index in [1.54, 1.807) is 4.57 Å². The minimum atomic E-state index is -1.04. The van der Waals surface area contributed by atoms with Gasteiger partial charge in [-0.3, -0.25) is 10.3 Å². The van der Waals surface area contributed by atoms with Crippen LogP contribution in [0.5, 0.6) is 0 Å². The van der Waals surface area contributed by atoms with E-state index >= 15 is 0 Å². The van der Waals surface area contributed by atoms with E-state index < -0.39 is 5.85 Å². The normalized spacial score (nSPS) is 28.0. The second-order valence-electron chi connectivity index (χ2n) is 4.35. The Balaban J connectivity index is 2.07. The van der Waals surface area contributed by atoms with E-state index in [9.17, 15) is 0 Å². The number of nitrogens with zero attached hydrogens (tertiary/aromatic N) is 4. The van der Waals surface area contributed by atoms with Crippen molar-refractivity contribution in [3.63, 3.8) is 0 Å². The van der Waals surface area contributed by atoms with Gasteiger partial charge in [-0.05, 0) is 6.42 Å². The minimum absolute atomic E-state index is 0.0529. The lowest BCUT2D eigenvalue weighted by Gasteiger charge is -2.26. The molecule has 0 spiro atoms. The van der Waals surface area contributed by atoms with Crippen LogP contribution in [0.2, 0.25) is 0 Å². The predicted octanol–water partition coefficient (Wildman–Crippen LogP) is -0.851. The topological polar surface area (TPSA) is 125 Å². The van der Waals surface area contributed by atoms with Crippen molar-refractivity contribution in [1.29, 1.82) is 0 Å². The first kappa shape index (κ1) is 11.3. The summed E-state index contributed by atoms with van der Waals surface area (Å²) >= 11 is 0. The number of nitrogen functional groups attached to an aromatic ring is 1. The van der Waals surface area contributed by atoms with Gasteiger partial charge in [-0.2, -0.15) is 0 Å². The molecule has 1 saturated heterocycles. The Hall–Kier alpha value is -1.77. The number of aliphatic hydroxyl groups is 1. The van der Waals surface area contributed by atoms with Crippen LogP contribution < -0.4 is 11.5 Å². The summed E-state index contributed by atoms with van der Waals surface area (Å²) in [7, 11) is 0. The summed E-state index contributed by atoms with van der Waals surface area (Å²) < 4.78 is 7.27. The van der Waals surface area contributed by atoms with Gasteiger partial charge in [0.2, 0.25) is 5.85 Å². The zero-order valence-electron chi connectivity index (χ0n) is 9.65. The fraction of sp³-hybridized carbons (Fsp3) is 0.500. The molecule has 0 unspecified atom stereocenters. The van der Waals surface area contributed by atoms with Gasteiger partial charge < -0.3 is 15.6 Å². The molecular formula is C10H14N6O2. The highest BCUT2D eigenvalue weighted by atomic mass is 16.6. The van der Waals surface area contributed by atoms with Crippen LogP contribution in [-0.4, -0.2) is 37.3 Å². The molecule has 0 bridgehead atoms. The third-order valence-electron chi connectivity index (χ3n) is 3.17. The maximum absolute atomic E-state index is 9.10. The first-order valence-corrected chi connectivity index (χ1v) is 5.65. The zero-order chi connectivity index (χ0) is 12.8. The maximum Gasteiger partial charge on any atom is 0.201 e. The Morgan fingerprint density at radius 1 is 1.50 bits per heavy atom. The fourth-order valence-corrected chi connectivity index (χ4v) is 2.21. The van der Waals surface area contributed by atoms with E-state index in [0.717, 1.165) is 0 Å². The first-order chi connectivity index (χ1) is 8.64. The summed E-state index contributed by atoms with van der Waals surface area (Å²) in [6.07, 6.45) is 3.90. The molecule has 0 saturated carbocycles. The number of nitrogens with two attached hydrogens (primary N) is 2. The monoisotopic (exact) mass is 250 g/mol. The summed E-state index contributed by atoms with van der Waals surface area (Å²) in [5, 5.41) is 9.10. The van der Waals surface area contributed by atoms with E-state index in [2.05, 4.69) is 15.0 Å². The lowest BCUT2D eigenvalue weighted by Crippen LogP contribution is -2.43. The molecule has 8 nitrogen and oxygen atoms in total. The molecule has 2 aromatic heterocycles. The number of fused-ring (bicyclic) bond motifs is 1. The van der Waals surface area contributed by atoms with Crippen LogP contribution in [0.25, 0.3) is 11.2 Å². The van der Waals surface area contributed by atoms with Crippen molar-refractivity contribution in [3.8, 4) is 0 Å². The van der Waals surface area contributed by atoms with Crippen molar-refractivity contribution in [3.05, 3.63) is 12.7 Å². The zero-order valence-corrected chi connectivity index (χ0v) is 9.65. The minimum Gasteiger partial charge on any atom is -0.394 e. The molecule has 1 aliphatic heterocycles. The SMILES string of the molecule is Nc1ncnc2c1ncn2[C@@]1(N)CC[C@@H](CO)O1. The quantitative estimate of drug-likeness (QED) is 0.633. The van der Waals surface area contributed by atoms with E-state index in [0.29, 0.717) is 29.8 Å². The molecular weight excluding hydrogens is 236 g/mol. The van der Waals surface area contributed by atoms with E-state index in [1.807, 2.05) is 0 Å². The molecule has 3 rings (SSSR count). The molecule has 0 radical (unpaired) electrons. The Labute approximate surface area is 103 Å². The smallest absolute Gasteiger partial charge is 0.201 e. The van der Waals surface area contributed by atoms with Crippen molar-refractivity contribution in [2.75, 3.05) is 12.3 Å². The van der Waals surface area contributed by atoms with Gasteiger partial charge in [0.15, 0.2) is 11.5 Å². The van der Waals surface area contributed by atoms with Crippen molar-refractivity contribution >= 4 is 17.0 Å². The van der Waals surface area contributed by atoms with Gasteiger partial charge in [0, 0.05) is 6.42 Å². The molecule has 18 heavy (non-hydrogen) atoms. The second kappa shape index (κ2) is 3.87. The van der Waals surface area contributed by atoms with Crippen LogP contribution in [0.15, 0.2) is 12.7 Å². The number of hydrogen-bond donors (Lipinski definition) is 3. The lowest BCUT2D eigenvalue weighted by molar-refractivity contribution is -0.104. The molecule has 2 aromatic rings. The fourth-order valence-electron chi connectivity index (χ4n) is 2.21. The number of ether oxygens (including phenoxy) is 1. The number of imidazole rings is 1. The summed E-state index contributed by atoms with van der Waals surface area (Å²) in [4.78, 5) is 12.1. The van der Waals surface area contributed by atoms with Crippen molar-refractivity contribution in [2.45, 2.75) is 24.8 Å². The summed E-state index contributed by atoms with van der Waals surface area (Å²) in [5.74, 6) is -0.734. The second-order valence-corrected chi connectivity index (χ2v) is 4.35. The van der Waals surface area contributed by atoms with Gasteiger partial charge >= 0.3 is 0 Å². The molecule has 0 aromatic carbocycles. The van der Waals surface area contributed by atoms with Gasteiger partial charge in [-0.25, -0.2) is 15.0 Å². The molecule has 2 atom stereocenters. The average Bonchev–Trinajstić information content (AvgIpc) is 2.94. The lowest BCUT2D eigenvalue weighted by atomic mass is 10.2. The van der Waals surface area contributed by atoms with Crippen molar-refractivity contribution in [1.82, 2.24) is 19.5 Å². The van der Waals surface area contributed by atoms with Gasteiger partial charge in [-0.15, -0.1) is 0 Å². The van der Waals surface area contributed by atoms with E-state index in [4.69, 9.17) is 21.3 Å². The summed E-state index contributed by atoms with van der Waals surface area (Å²) in [6, 6.07) is 0. The van der Waals surface area contributed by atoms with Gasteiger partial charge in [0.05, 0.1) is 12.7 Å². The highest BCUT2D eigenvalue weighted by Gasteiger charge is 2.39. The van der Waals surface area contributed by atoms with Gasteiger partial charge in [0.1, 0.15) is 18.2 Å². The Bertz CT molecular complexity index is 585. The molecule has 3 heterocycles. The van der Waals surface area contributed by atoms with E-state index in [-0.39, 0.29) is 12.7 Å². The van der Waals surface area contributed by atoms with Gasteiger partial charge in [0.25, 0.3) is 0 Å². The predicted molar refractivity (Wildman–Crippen MR) is 63.1 cm³/mol. The first-order valence-electron chi connectivity index (χ1n) is 5.65. The van der Waals surface area contributed by atoms with E-state index in [1.165, 1.54) is 12.7 Å². The van der Waals surface area contributed by atoms with Crippen LogP contribution in [0.1, 0.15) is 12.8 Å². The Morgan fingerprint density at radius 3 is 3.06 bits per heavy atom. The number of rotatable bonds is 2. The third kappa shape index (κ3) is 1.54. The largest absolute Gasteiger partial charge is 0.394 e. The highest BCUT2D eigenvalue weighted by molar-refractivity contribution is 5.81. The molecule has 5 N–H and O–H groups in total. The molecule has 0 aliphatic carbocycles. The van der Waals surface area contributed by atoms with Crippen molar-refractivity contribution in [2.24, 2.45) is 5.73 Å². The third-order valence-corrected chi connectivity index (χ3v) is 3.17. The number of anilines is 1. The van der Waals surface area contributed by atoms with Gasteiger partial charge in [-0.1, -0.05) is 0 Å². The molecule has 8 heteroatoms. The molecule has 1 fully saturated rings. The van der Waals surface area contributed by atoms with Crippen LogP contribution >= 0.6 is 0 Å². The average molecular weight is 250 g/mol. The molecule has 96 valence electrons. The molecule has 0 amide bonds. The number of aliphatic hydroxyl groups excluding tert-OH is 1. The maximum atomic E-state index is 9.10. The summed E-state index contributed by atoms with van der Waals surface area (Å²) in [6.45, 7) is -0.0529. The summed E-state index contributed by atoms with van der Waals surface area (Å²) in [5.41, 5.74) is 12.9. The van der Waals surface area contributed by atoms with Crippen LogP contribution in [0, 0.1) is 0 Å².